The van der Waals surface area contributed by atoms with Crippen molar-refractivity contribution in [1.29, 1.82) is 0 Å². The maximum absolute atomic E-state index is 13.8. The number of aliphatic hydroxyl groups is 25. The van der Waals surface area contributed by atoms with E-state index in [9.17, 15) is 142 Å². The number of fused-ring (bicyclic) bond motifs is 1. The van der Waals surface area contributed by atoms with Crippen LogP contribution in [0.3, 0.4) is 0 Å². The monoisotopic (exact) mass is 1790 g/mol. The Morgan fingerprint density at radius 2 is 0.645 bits per heavy atom. The number of hydrogen-bond acceptors (Lipinski definition) is 45. The maximum atomic E-state index is 13.8. The Morgan fingerprint density at radius 3 is 1.06 bits per heavy atom. The van der Waals surface area contributed by atoms with E-state index >= 15 is 0 Å². The van der Waals surface area contributed by atoms with Crippen LogP contribution >= 0.6 is 0 Å². The summed E-state index contributed by atoms with van der Waals surface area (Å²) < 4.78 is 101. The van der Waals surface area contributed by atoms with Crippen LogP contribution in [0.5, 0.6) is 0 Å². The first kappa shape index (κ1) is 99.1. The minimum absolute atomic E-state index is 0.0168. The first-order valence-corrected chi connectivity index (χ1v) is 42.5. The standard InChI is InChI=1S/C79H124O45/c1-108-42-19-32(8-11-35(42)84)72-45(22-34-40(112-72)20-33(83)21-41(34)114-75-67(103)61(97)55(91)46(23-80)118-75)117-79-73(124-78-71(107)65(101)59(95)50(122-78)27-110-54(90)15-7-31-3-10-37(86)44(18-31)116-77-69(105)63(99)57(93)48(25-82)120-77)66(102)60(96)51(123-79)28-111-52(88)13-5-29-4-12-39(38(87)16-29)113-74-70(106)64(100)58(94)49(121-74)26-109-53(89)14-6-30-2-9-36(85)43(17-30)115-76-68(104)62(98)56(92)47(24-81)119-76/h5-7,13-15,29-51,55-87,91-107H,2-4,8-12,16-28H2,1H3/t29?,30?,31?,32?,33?,34?,35?,36?,37?,38?,39?,40?,41?,42?,43?,44?,45?,46-,47-,48-,49-,50-,51-,55-,56-,57-,58-,59-,60-,61+,62+,63+,64+,65+,66+,67-,68-,69-,70-,71-,72?,73-,74-,75-,76-,77-,78+,79-/m1/s1. The summed E-state index contributed by atoms with van der Waals surface area (Å²) in [5.74, 6) is -5.75. The van der Waals surface area contributed by atoms with Crippen LogP contribution in [0.4, 0.5) is 0 Å². The number of rotatable bonds is 29. The summed E-state index contributed by atoms with van der Waals surface area (Å²) in [6.07, 6.45) is -57.6. The minimum atomic E-state index is -2.19. The quantitative estimate of drug-likeness (QED) is 0.0188. The van der Waals surface area contributed by atoms with Crippen molar-refractivity contribution in [1.82, 2.24) is 0 Å². The van der Waals surface area contributed by atoms with Gasteiger partial charge in [0.15, 0.2) is 37.7 Å². The topological polar surface area (TPSA) is 714 Å². The highest BCUT2D eigenvalue weighted by molar-refractivity contribution is 5.82. The summed E-state index contributed by atoms with van der Waals surface area (Å²) in [6, 6.07) is 0. The number of esters is 3. The Labute approximate surface area is 710 Å². The predicted molar refractivity (Wildman–Crippen MR) is 401 cm³/mol. The SMILES string of the molecule is COC1CC(C2OC3CC(O)CC(O[C@@H]4O[C@H](CO)[C@@H](O)[C@H](O)[C@H]4O)C3CC2O[C@@H]2O[C@H](COC(=O)C=CC3CCC(O[C@@H]4O[C@H](COC(=O)C=CC5CCC(O)C(O[C@@H]6O[C@H](CO)[C@@H](O)[C@H](O)[C@H]6O)C5)[C@@H](O)[C@H](O)[C@H]4O)C(O)C3)[C@@H](O)[C@H](O)[C@H]2O[C@@H]2O[C@H](COC(=O)C=CC3CCC(O)C(O[C@@H]4O[C@H](CO)[C@@H](O)[C@H](O)[C@H]4O)C3)[C@@H](O)[C@H](O)[C@H]2O)CCC1O. The highest BCUT2D eigenvalue weighted by Gasteiger charge is 2.58. The Balaban J connectivity index is 0.694. The van der Waals surface area contributed by atoms with Gasteiger partial charge in [0.25, 0.3) is 0 Å². The van der Waals surface area contributed by atoms with Gasteiger partial charge in [-0.05, 0) is 114 Å². The molecule has 45 heteroatoms. The number of carbonyl (C=O) groups excluding carboxylic acids is 3. The summed E-state index contributed by atoms with van der Waals surface area (Å²) in [4.78, 5) is 40.2. The van der Waals surface area contributed by atoms with Crippen LogP contribution < -0.4 is 0 Å². The van der Waals surface area contributed by atoms with E-state index in [2.05, 4.69) is 0 Å². The molecule has 25 N–H and O–H groups in total. The van der Waals surface area contributed by atoms with Crippen molar-refractivity contribution in [2.24, 2.45) is 29.6 Å². The molecule has 0 bridgehead atoms. The number of allylic oxidation sites excluding steroid dienone is 3. The zero-order chi connectivity index (χ0) is 89.6. The summed E-state index contributed by atoms with van der Waals surface area (Å²) in [7, 11) is 1.40. The number of methoxy groups -OCH3 is 1. The maximum Gasteiger partial charge on any atom is 0.330 e. The van der Waals surface area contributed by atoms with Crippen molar-refractivity contribution < 1.29 is 223 Å². The molecule has 12 rings (SSSR count). The molecular weight excluding hydrogens is 1670 g/mol. The van der Waals surface area contributed by atoms with E-state index in [1.165, 1.54) is 25.3 Å². The van der Waals surface area contributed by atoms with Crippen molar-refractivity contribution in [3.05, 3.63) is 36.5 Å². The molecule has 5 aliphatic carbocycles. The van der Waals surface area contributed by atoms with Gasteiger partial charge in [-0.1, -0.05) is 18.2 Å². The van der Waals surface area contributed by atoms with Gasteiger partial charge < -0.3 is 208 Å². The Hall–Kier alpha value is -3.93. The van der Waals surface area contributed by atoms with Crippen molar-refractivity contribution in [3.63, 3.8) is 0 Å². The Morgan fingerprint density at radius 1 is 0.298 bits per heavy atom. The molecule has 45 nitrogen and oxygen atoms in total. The highest BCUT2D eigenvalue weighted by atomic mass is 16.8. The summed E-state index contributed by atoms with van der Waals surface area (Å²) in [5, 5.41) is 271. The molecule has 0 spiro atoms. The van der Waals surface area contributed by atoms with E-state index in [-0.39, 0.29) is 77.0 Å². The number of ether oxygens (including phenoxy) is 17. The van der Waals surface area contributed by atoms with Gasteiger partial charge in [0, 0.05) is 37.7 Å². The second-order valence-corrected chi connectivity index (χ2v) is 34.6. The first-order valence-electron chi connectivity index (χ1n) is 42.5. The molecule has 12 aliphatic rings. The fourth-order valence-electron chi connectivity index (χ4n) is 18.7. The van der Waals surface area contributed by atoms with Crippen LogP contribution in [0, 0.1) is 29.6 Å². The zero-order valence-corrected chi connectivity index (χ0v) is 67.9. The predicted octanol–water partition coefficient (Wildman–Crippen LogP) is -11.4. The number of carbonyl (C=O) groups is 3. The molecule has 7 saturated heterocycles. The van der Waals surface area contributed by atoms with Gasteiger partial charge in [0.05, 0.1) is 99.2 Å². The molecule has 48 atom stereocenters. The summed E-state index contributed by atoms with van der Waals surface area (Å²) >= 11 is 0. The third kappa shape index (κ3) is 23.6. The van der Waals surface area contributed by atoms with Crippen LogP contribution in [-0.4, -0.2) is 456 Å². The van der Waals surface area contributed by atoms with Gasteiger partial charge >= 0.3 is 17.9 Å². The molecule has 0 radical (unpaired) electrons. The van der Waals surface area contributed by atoms with Crippen LogP contribution in [0.15, 0.2) is 36.5 Å². The second kappa shape index (κ2) is 44.5. The molecule has 0 aromatic rings. The lowest BCUT2D eigenvalue weighted by Crippen LogP contribution is -2.66. The molecule has 0 aromatic carbocycles. The van der Waals surface area contributed by atoms with Crippen molar-refractivity contribution >= 4 is 17.9 Å². The van der Waals surface area contributed by atoms with E-state index in [0.717, 1.165) is 18.2 Å². The molecule has 124 heavy (non-hydrogen) atoms. The Bertz CT molecular complexity index is 3420. The Kier molecular flexibility index (Phi) is 35.6. The summed E-state index contributed by atoms with van der Waals surface area (Å²) in [5.41, 5.74) is 0. The average molecular weight is 1790 g/mol. The third-order valence-corrected chi connectivity index (χ3v) is 26.2. The highest BCUT2D eigenvalue weighted by Crippen LogP contribution is 2.47. The lowest BCUT2D eigenvalue weighted by molar-refractivity contribution is -0.380. The molecular formula is C79H124O45. The molecule has 12 fully saturated rings. The molecule has 0 aromatic heterocycles. The van der Waals surface area contributed by atoms with Crippen molar-refractivity contribution in [2.75, 3.05) is 46.8 Å². The molecule has 7 heterocycles. The molecule has 0 amide bonds. The molecule has 5 saturated carbocycles. The van der Waals surface area contributed by atoms with Gasteiger partial charge in [-0.3, -0.25) is 0 Å². The van der Waals surface area contributed by atoms with Gasteiger partial charge in [-0.2, -0.15) is 0 Å². The second-order valence-electron chi connectivity index (χ2n) is 34.6. The number of aliphatic hydroxyl groups excluding tert-OH is 25. The van der Waals surface area contributed by atoms with Gasteiger partial charge in [-0.15, -0.1) is 0 Å². The van der Waals surface area contributed by atoms with Crippen molar-refractivity contribution in [3.8, 4) is 0 Å². The van der Waals surface area contributed by atoms with E-state index < -0.39 is 351 Å². The fraction of sp³-hybridized carbons (Fsp3) is 0.886. The van der Waals surface area contributed by atoms with Gasteiger partial charge in [0.1, 0.15) is 166 Å². The normalized spacial score (nSPS) is 49.4. The van der Waals surface area contributed by atoms with E-state index in [0.29, 0.717) is 19.3 Å². The molecule has 710 valence electrons. The number of hydrogen-bond donors (Lipinski definition) is 25. The van der Waals surface area contributed by atoms with Gasteiger partial charge in [-0.25, -0.2) is 14.4 Å². The smallest absolute Gasteiger partial charge is 0.330 e. The van der Waals surface area contributed by atoms with Gasteiger partial charge in [0.2, 0.25) is 0 Å². The molecule has 18 unspecified atom stereocenters. The van der Waals surface area contributed by atoms with Crippen molar-refractivity contribution in [2.45, 2.75) is 360 Å². The fourth-order valence-corrected chi connectivity index (χ4v) is 18.7. The van der Waals surface area contributed by atoms with E-state index in [4.69, 9.17) is 80.5 Å². The lowest BCUT2D eigenvalue weighted by atomic mass is 9.72. The summed E-state index contributed by atoms with van der Waals surface area (Å²) in [6.45, 7) is -4.57. The van der Waals surface area contributed by atoms with E-state index in [1.807, 2.05) is 0 Å². The molecule has 7 aliphatic heterocycles. The van der Waals surface area contributed by atoms with E-state index in [1.54, 1.807) is 0 Å². The van der Waals surface area contributed by atoms with Crippen LogP contribution in [-0.2, 0) is 94.9 Å². The first-order chi connectivity index (χ1) is 59.1. The average Bonchev–Trinajstić information content (AvgIpc) is 0.757. The largest absolute Gasteiger partial charge is 0.460 e. The van der Waals surface area contributed by atoms with Crippen LogP contribution in [0.1, 0.15) is 96.3 Å². The minimum Gasteiger partial charge on any atom is -0.460 e. The lowest BCUT2D eigenvalue weighted by Gasteiger charge is -2.53. The van der Waals surface area contributed by atoms with Crippen LogP contribution in [0.2, 0.25) is 0 Å². The zero-order valence-electron chi connectivity index (χ0n) is 67.9. The van der Waals surface area contributed by atoms with Crippen LogP contribution in [0.25, 0.3) is 0 Å². The third-order valence-electron chi connectivity index (χ3n) is 26.2.